The van der Waals surface area contributed by atoms with Gasteiger partial charge in [-0.05, 0) is 50.5 Å². The van der Waals surface area contributed by atoms with Gasteiger partial charge in [0.1, 0.15) is 5.75 Å². The average Bonchev–Trinajstić information content (AvgIpc) is 2.65. The van der Waals surface area contributed by atoms with E-state index in [1.165, 1.54) is 7.11 Å². The lowest BCUT2D eigenvalue weighted by Crippen LogP contribution is -2.02. The second kappa shape index (κ2) is 12.1. The highest BCUT2D eigenvalue weighted by atomic mass is 16.5. The molecule has 25 heavy (non-hydrogen) atoms. The van der Waals surface area contributed by atoms with E-state index < -0.39 is 0 Å². The second-order valence-electron chi connectivity index (χ2n) is 5.57. The Morgan fingerprint density at radius 1 is 1.16 bits per heavy atom. The molecule has 1 aromatic carbocycles. The van der Waals surface area contributed by atoms with Crippen LogP contribution in [-0.2, 0) is 20.9 Å². The van der Waals surface area contributed by atoms with Crippen molar-refractivity contribution in [2.45, 2.75) is 33.3 Å². The van der Waals surface area contributed by atoms with Crippen LogP contribution in [0.1, 0.15) is 32.3 Å². The van der Waals surface area contributed by atoms with Crippen LogP contribution < -0.4 is 4.74 Å². The molecule has 4 heteroatoms. The second-order valence-corrected chi connectivity index (χ2v) is 5.57. The van der Waals surface area contributed by atoms with Gasteiger partial charge in [-0.2, -0.15) is 0 Å². The summed E-state index contributed by atoms with van der Waals surface area (Å²) in [6.07, 6.45) is 9.55. The highest BCUT2D eigenvalue weighted by Gasteiger charge is 2.04. The summed E-state index contributed by atoms with van der Waals surface area (Å²) in [7, 11) is 3.04. The van der Waals surface area contributed by atoms with Gasteiger partial charge >= 0.3 is 5.97 Å². The summed E-state index contributed by atoms with van der Waals surface area (Å²) in [5.74, 6) is 0.535. The molecular formula is C21H28O4. The van der Waals surface area contributed by atoms with Gasteiger partial charge in [-0.3, -0.25) is 0 Å². The first-order valence-electron chi connectivity index (χ1n) is 8.40. The van der Waals surface area contributed by atoms with Crippen LogP contribution in [0.3, 0.4) is 0 Å². The fraction of sp³-hybridized carbons (Fsp3) is 0.381. The van der Waals surface area contributed by atoms with Gasteiger partial charge in [-0.1, -0.05) is 35.9 Å². The summed E-state index contributed by atoms with van der Waals surface area (Å²) in [5, 5.41) is 0. The van der Waals surface area contributed by atoms with Gasteiger partial charge in [0.2, 0.25) is 0 Å². The Balaban J connectivity index is 2.25. The molecule has 0 amide bonds. The predicted octanol–water partition coefficient (Wildman–Crippen LogP) is 4.61. The monoisotopic (exact) mass is 344 g/mol. The van der Waals surface area contributed by atoms with Gasteiger partial charge < -0.3 is 14.2 Å². The fourth-order valence-corrected chi connectivity index (χ4v) is 2.16. The molecule has 0 aliphatic heterocycles. The maximum absolute atomic E-state index is 11.5. The van der Waals surface area contributed by atoms with Crippen molar-refractivity contribution in [2.24, 2.45) is 0 Å². The van der Waals surface area contributed by atoms with Crippen LogP contribution in [0.5, 0.6) is 5.75 Å². The van der Waals surface area contributed by atoms with Crippen molar-refractivity contribution in [3.8, 4) is 5.75 Å². The maximum atomic E-state index is 11.5. The van der Waals surface area contributed by atoms with Gasteiger partial charge in [0.25, 0.3) is 0 Å². The van der Waals surface area contributed by atoms with Crippen LogP contribution in [0.2, 0.25) is 0 Å². The lowest BCUT2D eigenvalue weighted by Gasteiger charge is -2.05. The number of methoxy groups -OCH3 is 2. The van der Waals surface area contributed by atoms with E-state index in [2.05, 4.69) is 6.08 Å². The van der Waals surface area contributed by atoms with Crippen molar-refractivity contribution < 1.29 is 19.0 Å². The molecule has 0 heterocycles. The fourth-order valence-electron chi connectivity index (χ4n) is 2.16. The molecule has 1 aromatic rings. The number of carbonyl (C=O) groups excluding carboxylic acids is 1. The lowest BCUT2D eigenvalue weighted by atomic mass is 10.1. The average molecular weight is 344 g/mol. The largest absolute Gasteiger partial charge is 0.497 e. The Kier molecular flexibility index (Phi) is 10.0. The summed E-state index contributed by atoms with van der Waals surface area (Å²) in [4.78, 5) is 11.5. The number of allylic oxidation sites excluding steroid dienone is 4. The van der Waals surface area contributed by atoms with Crippen molar-refractivity contribution in [1.82, 2.24) is 0 Å². The number of carbonyl (C=O) groups is 1. The van der Waals surface area contributed by atoms with E-state index in [0.29, 0.717) is 18.8 Å². The van der Waals surface area contributed by atoms with E-state index in [0.717, 1.165) is 29.7 Å². The molecule has 0 fully saturated rings. The normalized spacial score (nSPS) is 12.5. The number of esters is 1. The zero-order valence-electron chi connectivity index (χ0n) is 15.6. The first-order chi connectivity index (χ1) is 12.1. The molecule has 0 radical (unpaired) electrons. The third kappa shape index (κ3) is 8.36. The van der Waals surface area contributed by atoms with Gasteiger partial charge in [0.05, 0.1) is 26.4 Å². The molecule has 0 saturated carbocycles. The first kappa shape index (κ1) is 20.7. The van der Waals surface area contributed by atoms with Crippen LogP contribution in [0.15, 0.2) is 59.7 Å². The molecule has 4 nitrogen and oxygen atoms in total. The zero-order valence-corrected chi connectivity index (χ0v) is 15.6. The third-order valence-electron chi connectivity index (χ3n) is 3.58. The Bertz CT molecular complexity index is 609. The van der Waals surface area contributed by atoms with Crippen molar-refractivity contribution in [2.75, 3.05) is 20.8 Å². The Labute approximate surface area is 150 Å². The molecule has 0 atom stereocenters. The van der Waals surface area contributed by atoms with E-state index in [1.807, 2.05) is 50.3 Å². The number of ether oxygens (including phenoxy) is 3. The molecular weight excluding hydrogens is 316 g/mol. The number of unbranched alkanes of at least 4 members (excludes halogenated alkanes) is 1. The molecule has 0 spiro atoms. The minimum absolute atomic E-state index is 0.317. The molecule has 0 aliphatic rings. The van der Waals surface area contributed by atoms with Crippen LogP contribution in [-0.4, -0.2) is 26.8 Å². The highest BCUT2D eigenvalue weighted by molar-refractivity contribution is 5.91. The Morgan fingerprint density at radius 3 is 2.48 bits per heavy atom. The number of benzene rings is 1. The number of hydrogen-bond donors (Lipinski definition) is 0. The van der Waals surface area contributed by atoms with Crippen molar-refractivity contribution >= 4 is 5.97 Å². The molecule has 0 N–H and O–H groups in total. The number of hydrogen-bond acceptors (Lipinski definition) is 4. The van der Waals surface area contributed by atoms with E-state index in [1.54, 1.807) is 13.2 Å². The SMILES string of the molecule is C\C=C(/C=C(C)/C=C/CCCOCc1ccc(OC)cc1)C(=O)OC. The van der Waals surface area contributed by atoms with E-state index >= 15 is 0 Å². The molecule has 0 aromatic heterocycles. The Morgan fingerprint density at radius 2 is 1.88 bits per heavy atom. The molecule has 0 aliphatic carbocycles. The van der Waals surface area contributed by atoms with Gasteiger partial charge in [0, 0.05) is 6.61 Å². The molecule has 0 saturated heterocycles. The molecule has 1 rings (SSSR count). The van der Waals surface area contributed by atoms with E-state index in [-0.39, 0.29) is 5.97 Å². The summed E-state index contributed by atoms with van der Waals surface area (Å²) in [6, 6.07) is 7.88. The minimum atomic E-state index is -0.317. The minimum Gasteiger partial charge on any atom is -0.497 e. The standard InChI is InChI=1S/C21H28O4/c1-5-19(21(22)24-4)15-17(2)9-7-6-8-14-25-16-18-10-12-20(23-3)13-11-18/h5,7,9-13,15H,6,8,14,16H2,1-4H3/b9-7+,17-15+,19-5+. The first-order valence-corrected chi connectivity index (χ1v) is 8.40. The molecule has 136 valence electrons. The molecule has 0 bridgehead atoms. The third-order valence-corrected chi connectivity index (χ3v) is 3.58. The predicted molar refractivity (Wildman–Crippen MR) is 101 cm³/mol. The van der Waals surface area contributed by atoms with E-state index in [4.69, 9.17) is 14.2 Å². The van der Waals surface area contributed by atoms with Crippen molar-refractivity contribution in [3.63, 3.8) is 0 Å². The van der Waals surface area contributed by atoms with Crippen molar-refractivity contribution in [3.05, 3.63) is 65.3 Å². The zero-order chi connectivity index (χ0) is 18.5. The summed E-state index contributed by atoms with van der Waals surface area (Å²) < 4.78 is 15.5. The van der Waals surface area contributed by atoms with Gasteiger partial charge in [-0.25, -0.2) is 4.79 Å². The summed E-state index contributed by atoms with van der Waals surface area (Å²) in [6.45, 7) is 5.10. The van der Waals surface area contributed by atoms with Crippen LogP contribution in [0.4, 0.5) is 0 Å². The smallest absolute Gasteiger partial charge is 0.337 e. The van der Waals surface area contributed by atoms with Crippen LogP contribution in [0.25, 0.3) is 0 Å². The van der Waals surface area contributed by atoms with Gasteiger partial charge in [0.15, 0.2) is 0 Å². The molecule has 0 unspecified atom stereocenters. The lowest BCUT2D eigenvalue weighted by molar-refractivity contribution is -0.135. The van der Waals surface area contributed by atoms with Crippen molar-refractivity contribution in [1.29, 1.82) is 0 Å². The van der Waals surface area contributed by atoms with Crippen LogP contribution in [0, 0.1) is 0 Å². The maximum Gasteiger partial charge on any atom is 0.337 e. The summed E-state index contributed by atoms with van der Waals surface area (Å²) >= 11 is 0. The van der Waals surface area contributed by atoms with E-state index in [9.17, 15) is 4.79 Å². The number of rotatable bonds is 10. The topological polar surface area (TPSA) is 44.8 Å². The van der Waals surface area contributed by atoms with Crippen LogP contribution >= 0.6 is 0 Å². The highest BCUT2D eigenvalue weighted by Crippen LogP contribution is 2.12. The Hall–Kier alpha value is -2.33. The quantitative estimate of drug-likeness (QED) is 0.269. The van der Waals surface area contributed by atoms with Gasteiger partial charge in [-0.15, -0.1) is 0 Å². The summed E-state index contributed by atoms with van der Waals surface area (Å²) in [5.41, 5.74) is 2.71.